The highest BCUT2D eigenvalue weighted by Crippen LogP contribution is 2.25. The SMILES string of the molecule is CC(C)(c1ccc(Br)cc1)n1ccccc1=O. The number of hydrogen-bond donors (Lipinski definition) is 0. The number of nitrogens with zero attached hydrogens (tertiary/aromatic N) is 1. The van der Waals surface area contributed by atoms with Gasteiger partial charge in [-0.15, -0.1) is 0 Å². The molecule has 2 nitrogen and oxygen atoms in total. The molecule has 0 atom stereocenters. The van der Waals surface area contributed by atoms with Crippen molar-refractivity contribution < 1.29 is 0 Å². The number of hydrogen-bond acceptors (Lipinski definition) is 1. The van der Waals surface area contributed by atoms with E-state index in [9.17, 15) is 4.79 Å². The highest BCUT2D eigenvalue weighted by molar-refractivity contribution is 9.10. The number of pyridine rings is 1. The molecule has 0 saturated carbocycles. The zero-order chi connectivity index (χ0) is 12.5. The molecule has 0 aliphatic rings. The molecule has 0 N–H and O–H groups in total. The van der Waals surface area contributed by atoms with Crippen molar-refractivity contribution >= 4 is 15.9 Å². The Morgan fingerprint density at radius 2 is 1.71 bits per heavy atom. The molecule has 2 aromatic rings. The van der Waals surface area contributed by atoms with Crippen molar-refractivity contribution in [3.63, 3.8) is 0 Å². The maximum absolute atomic E-state index is 11.9. The van der Waals surface area contributed by atoms with E-state index < -0.39 is 0 Å². The second kappa shape index (κ2) is 4.49. The summed E-state index contributed by atoms with van der Waals surface area (Å²) in [7, 11) is 0. The molecule has 17 heavy (non-hydrogen) atoms. The van der Waals surface area contributed by atoms with Crippen molar-refractivity contribution in [1.82, 2.24) is 4.57 Å². The lowest BCUT2D eigenvalue weighted by molar-refractivity contribution is 0.422. The lowest BCUT2D eigenvalue weighted by Gasteiger charge is -2.28. The molecule has 0 radical (unpaired) electrons. The van der Waals surface area contributed by atoms with E-state index in [-0.39, 0.29) is 11.1 Å². The Bertz CT molecular complexity index is 569. The van der Waals surface area contributed by atoms with Gasteiger partial charge in [0.15, 0.2) is 0 Å². The Hall–Kier alpha value is -1.35. The zero-order valence-corrected chi connectivity index (χ0v) is 11.4. The first-order valence-electron chi connectivity index (χ1n) is 5.46. The molecule has 1 aromatic heterocycles. The summed E-state index contributed by atoms with van der Waals surface area (Å²) in [4.78, 5) is 11.9. The zero-order valence-electron chi connectivity index (χ0n) is 9.85. The van der Waals surface area contributed by atoms with Crippen LogP contribution in [-0.4, -0.2) is 4.57 Å². The van der Waals surface area contributed by atoms with E-state index in [0.29, 0.717) is 0 Å². The van der Waals surface area contributed by atoms with Gasteiger partial charge in [-0.25, -0.2) is 0 Å². The first-order valence-corrected chi connectivity index (χ1v) is 6.25. The fourth-order valence-corrected chi connectivity index (χ4v) is 2.15. The van der Waals surface area contributed by atoms with E-state index >= 15 is 0 Å². The Morgan fingerprint density at radius 3 is 2.29 bits per heavy atom. The molecule has 0 unspecified atom stereocenters. The summed E-state index contributed by atoms with van der Waals surface area (Å²) in [6.45, 7) is 4.08. The van der Waals surface area contributed by atoms with Gasteiger partial charge in [0.1, 0.15) is 0 Å². The number of halogens is 1. The van der Waals surface area contributed by atoms with Crippen LogP contribution in [0.2, 0.25) is 0 Å². The minimum absolute atomic E-state index is 0.0143. The van der Waals surface area contributed by atoms with Crippen LogP contribution in [0.3, 0.4) is 0 Å². The van der Waals surface area contributed by atoms with Gasteiger partial charge in [0, 0.05) is 16.7 Å². The minimum atomic E-state index is -0.348. The fraction of sp³-hybridized carbons (Fsp3) is 0.214. The highest BCUT2D eigenvalue weighted by atomic mass is 79.9. The van der Waals surface area contributed by atoms with Crippen molar-refractivity contribution in [2.75, 3.05) is 0 Å². The molecule has 0 fully saturated rings. The van der Waals surface area contributed by atoms with Crippen molar-refractivity contribution in [3.05, 3.63) is 69.1 Å². The maximum atomic E-state index is 11.9. The third-order valence-corrected chi connectivity index (χ3v) is 3.50. The van der Waals surface area contributed by atoms with Crippen LogP contribution in [0, 0.1) is 0 Å². The van der Waals surface area contributed by atoms with Gasteiger partial charge in [-0.3, -0.25) is 4.79 Å². The third-order valence-electron chi connectivity index (χ3n) is 2.98. The van der Waals surface area contributed by atoms with Gasteiger partial charge in [-0.1, -0.05) is 34.1 Å². The maximum Gasteiger partial charge on any atom is 0.251 e. The largest absolute Gasteiger partial charge is 0.306 e. The predicted molar refractivity (Wildman–Crippen MR) is 73.3 cm³/mol. The predicted octanol–water partition coefficient (Wildman–Crippen LogP) is 3.39. The van der Waals surface area contributed by atoms with Crippen molar-refractivity contribution in [3.8, 4) is 0 Å². The van der Waals surface area contributed by atoms with E-state index in [2.05, 4.69) is 15.9 Å². The first-order chi connectivity index (χ1) is 8.01. The van der Waals surface area contributed by atoms with Crippen LogP contribution < -0.4 is 5.56 Å². The molecular formula is C14H14BrNO. The average Bonchev–Trinajstić information content (AvgIpc) is 2.30. The third kappa shape index (κ3) is 2.34. The molecule has 2 rings (SSSR count). The van der Waals surface area contributed by atoms with Crippen LogP contribution in [0.25, 0.3) is 0 Å². The van der Waals surface area contributed by atoms with Crippen molar-refractivity contribution in [2.45, 2.75) is 19.4 Å². The van der Waals surface area contributed by atoms with Crippen LogP contribution in [-0.2, 0) is 5.54 Å². The molecule has 0 aliphatic carbocycles. The van der Waals surface area contributed by atoms with Crippen molar-refractivity contribution in [2.24, 2.45) is 0 Å². The molecule has 3 heteroatoms. The quantitative estimate of drug-likeness (QED) is 0.831. The van der Waals surface area contributed by atoms with Crippen LogP contribution in [0.1, 0.15) is 19.4 Å². The molecule has 88 valence electrons. The van der Waals surface area contributed by atoms with Gasteiger partial charge < -0.3 is 4.57 Å². The second-order valence-corrected chi connectivity index (χ2v) is 5.39. The standard InChI is InChI=1S/C14H14BrNO/c1-14(2,11-6-8-12(15)9-7-11)16-10-4-3-5-13(16)17/h3-10H,1-2H3. The highest BCUT2D eigenvalue weighted by Gasteiger charge is 2.22. The average molecular weight is 292 g/mol. The van der Waals surface area contributed by atoms with Crippen LogP contribution >= 0.6 is 15.9 Å². The molecule has 0 saturated heterocycles. The number of rotatable bonds is 2. The van der Waals surface area contributed by atoms with Gasteiger partial charge in [0.2, 0.25) is 0 Å². The van der Waals surface area contributed by atoms with Crippen LogP contribution in [0.15, 0.2) is 57.9 Å². The van der Waals surface area contributed by atoms with Gasteiger partial charge in [0.05, 0.1) is 5.54 Å². The van der Waals surface area contributed by atoms with Crippen molar-refractivity contribution in [1.29, 1.82) is 0 Å². The van der Waals surface area contributed by atoms with E-state index in [1.165, 1.54) is 0 Å². The normalized spacial score (nSPS) is 11.5. The molecule has 1 heterocycles. The summed E-state index contributed by atoms with van der Waals surface area (Å²) in [5, 5.41) is 0. The summed E-state index contributed by atoms with van der Waals surface area (Å²) >= 11 is 3.41. The van der Waals surface area contributed by atoms with Gasteiger partial charge >= 0.3 is 0 Å². The molecule has 0 spiro atoms. The van der Waals surface area contributed by atoms with E-state index in [1.807, 2.05) is 50.4 Å². The smallest absolute Gasteiger partial charge is 0.251 e. The lowest BCUT2D eigenvalue weighted by Crippen LogP contribution is -2.36. The molecule has 1 aromatic carbocycles. The first kappa shape index (κ1) is 12.1. The Labute approximate surface area is 109 Å². The number of benzene rings is 1. The van der Waals surface area contributed by atoms with Crippen LogP contribution in [0.5, 0.6) is 0 Å². The van der Waals surface area contributed by atoms with Gasteiger partial charge in [-0.05, 0) is 37.6 Å². The minimum Gasteiger partial charge on any atom is -0.306 e. The molecule has 0 bridgehead atoms. The topological polar surface area (TPSA) is 22.0 Å². The summed E-state index contributed by atoms with van der Waals surface area (Å²) in [6.07, 6.45) is 1.82. The van der Waals surface area contributed by atoms with E-state index in [1.54, 1.807) is 16.7 Å². The Balaban J connectivity index is 2.53. The summed E-state index contributed by atoms with van der Waals surface area (Å²) in [5.74, 6) is 0. The van der Waals surface area contributed by atoms with E-state index in [0.717, 1.165) is 10.0 Å². The molecule has 0 aliphatic heterocycles. The Kier molecular flexibility index (Phi) is 3.20. The molecule has 0 amide bonds. The summed E-state index contributed by atoms with van der Waals surface area (Å²) < 4.78 is 2.79. The fourth-order valence-electron chi connectivity index (χ4n) is 1.89. The second-order valence-electron chi connectivity index (χ2n) is 4.47. The lowest BCUT2D eigenvalue weighted by atomic mass is 9.94. The van der Waals surface area contributed by atoms with Gasteiger partial charge in [0.25, 0.3) is 5.56 Å². The number of aromatic nitrogens is 1. The van der Waals surface area contributed by atoms with Gasteiger partial charge in [-0.2, -0.15) is 0 Å². The summed E-state index contributed by atoms with van der Waals surface area (Å²) in [5.41, 5.74) is 0.772. The Morgan fingerprint density at radius 1 is 1.06 bits per heavy atom. The molecular weight excluding hydrogens is 278 g/mol. The van der Waals surface area contributed by atoms with E-state index in [4.69, 9.17) is 0 Å². The monoisotopic (exact) mass is 291 g/mol. The summed E-state index contributed by atoms with van der Waals surface area (Å²) in [6, 6.07) is 13.3. The van der Waals surface area contributed by atoms with Crippen LogP contribution in [0.4, 0.5) is 0 Å².